The molecule has 0 spiro atoms. The number of benzene rings is 3. The highest BCUT2D eigenvalue weighted by molar-refractivity contribution is 6.46. The molecule has 4 rings (SSSR count). The van der Waals surface area contributed by atoms with Crippen molar-refractivity contribution in [1.82, 2.24) is 4.90 Å². The highest BCUT2D eigenvalue weighted by Gasteiger charge is 2.46. The van der Waals surface area contributed by atoms with Gasteiger partial charge in [-0.15, -0.1) is 0 Å². The molecule has 3 aromatic rings. The predicted octanol–water partition coefficient (Wildman–Crippen LogP) is 6.27. The molecule has 1 fully saturated rings. The van der Waals surface area contributed by atoms with Gasteiger partial charge in [0, 0.05) is 16.1 Å². The van der Waals surface area contributed by atoms with Crippen LogP contribution in [0.3, 0.4) is 0 Å². The summed E-state index contributed by atoms with van der Waals surface area (Å²) in [5.74, 6) is -1.05. The number of para-hydroxylation sites is 1. The lowest BCUT2D eigenvalue weighted by molar-refractivity contribution is -0.140. The second-order valence-electron chi connectivity index (χ2n) is 9.62. The van der Waals surface area contributed by atoms with Crippen molar-refractivity contribution in [2.75, 3.05) is 7.11 Å². The van der Waals surface area contributed by atoms with Crippen LogP contribution in [0, 0.1) is 0 Å². The van der Waals surface area contributed by atoms with E-state index in [4.69, 9.17) is 16.3 Å². The van der Waals surface area contributed by atoms with Gasteiger partial charge < -0.3 is 14.7 Å². The first-order valence-electron chi connectivity index (χ1n) is 11.4. The number of carbonyl (C=O) groups is 2. The minimum absolute atomic E-state index is 0.0377. The van der Waals surface area contributed by atoms with Crippen molar-refractivity contribution >= 4 is 29.1 Å². The minimum atomic E-state index is -0.770. The molecule has 180 valence electrons. The Kier molecular flexibility index (Phi) is 6.73. The lowest BCUT2D eigenvalue weighted by atomic mass is 9.85. The third-order valence-corrected chi connectivity index (χ3v) is 6.50. The number of Topliss-reactive ketones (excluding diaryl/α,β-unsaturated/α-hetero) is 1. The van der Waals surface area contributed by atoms with Crippen LogP contribution in [0.5, 0.6) is 5.75 Å². The molecule has 1 N–H and O–H groups in total. The number of likely N-dealkylation sites (tertiary alicyclic amines) is 1. The number of methoxy groups -OCH3 is 1. The lowest BCUT2D eigenvalue weighted by Crippen LogP contribution is -2.29. The van der Waals surface area contributed by atoms with Crippen LogP contribution in [0.2, 0.25) is 5.02 Å². The third kappa shape index (κ3) is 4.82. The van der Waals surface area contributed by atoms with Crippen molar-refractivity contribution < 1.29 is 19.4 Å². The van der Waals surface area contributed by atoms with E-state index < -0.39 is 17.7 Å². The Morgan fingerprint density at radius 1 is 1.00 bits per heavy atom. The van der Waals surface area contributed by atoms with Gasteiger partial charge in [-0.2, -0.15) is 0 Å². The van der Waals surface area contributed by atoms with Gasteiger partial charge >= 0.3 is 0 Å². The van der Waals surface area contributed by atoms with E-state index in [1.165, 1.54) is 4.90 Å². The summed E-state index contributed by atoms with van der Waals surface area (Å²) in [6, 6.07) is 21.0. The Balaban J connectivity index is 1.88. The van der Waals surface area contributed by atoms with Crippen LogP contribution in [0.15, 0.2) is 78.4 Å². The standard InChI is InChI=1S/C29H28ClNO4/c1-29(2,3)21-14-12-18(13-15-21)25-24(26(32)19-9-7-10-22(30)16-19)27(33)28(34)31(25)17-20-8-5-6-11-23(20)35-4/h5-16,25,32H,17H2,1-4H3/b26-24-. The molecule has 1 unspecified atom stereocenters. The van der Waals surface area contributed by atoms with Crippen molar-refractivity contribution in [3.8, 4) is 5.75 Å². The van der Waals surface area contributed by atoms with Gasteiger partial charge in [-0.25, -0.2) is 0 Å². The molecule has 0 aromatic heterocycles. The fourth-order valence-corrected chi connectivity index (χ4v) is 4.55. The van der Waals surface area contributed by atoms with E-state index in [2.05, 4.69) is 20.8 Å². The first-order chi connectivity index (χ1) is 16.6. The zero-order valence-corrected chi connectivity index (χ0v) is 21.0. The highest BCUT2D eigenvalue weighted by atomic mass is 35.5. The molecule has 0 bridgehead atoms. The van der Waals surface area contributed by atoms with E-state index in [0.717, 1.165) is 16.7 Å². The third-order valence-electron chi connectivity index (χ3n) is 6.26. The summed E-state index contributed by atoms with van der Waals surface area (Å²) in [5, 5.41) is 11.6. The average molecular weight is 490 g/mol. The zero-order valence-electron chi connectivity index (χ0n) is 20.2. The van der Waals surface area contributed by atoms with E-state index in [0.29, 0.717) is 16.3 Å². The van der Waals surface area contributed by atoms with Crippen molar-refractivity contribution in [3.05, 3.63) is 106 Å². The van der Waals surface area contributed by atoms with E-state index in [-0.39, 0.29) is 23.3 Å². The molecule has 6 heteroatoms. The number of hydrogen-bond acceptors (Lipinski definition) is 4. The van der Waals surface area contributed by atoms with Crippen LogP contribution in [0.1, 0.15) is 49.1 Å². The van der Waals surface area contributed by atoms with Gasteiger partial charge in [0.25, 0.3) is 11.7 Å². The Hall–Kier alpha value is -3.57. The second-order valence-corrected chi connectivity index (χ2v) is 10.1. The first kappa shape index (κ1) is 24.6. The number of carbonyl (C=O) groups excluding carboxylic acids is 2. The van der Waals surface area contributed by atoms with Gasteiger partial charge in [0.2, 0.25) is 0 Å². The van der Waals surface area contributed by atoms with Gasteiger partial charge in [-0.3, -0.25) is 9.59 Å². The number of nitrogens with zero attached hydrogens (tertiary/aromatic N) is 1. The molecule has 1 atom stereocenters. The SMILES string of the molecule is COc1ccccc1CN1C(=O)C(=O)/C(=C(\O)c2cccc(Cl)c2)C1c1ccc(C(C)(C)C)cc1. The highest BCUT2D eigenvalue weighted by Crippen LogP contribution is 2.41. The number of rotatable bonds is 5. The van der Waals surface area contributed by atoms with Crippen LogP contribution in [-0.4, -0.2) is 28.8 Å². The maximum Gasteiger partial charge on any atom is 0.295 e. The Morgan fingerprint density at radius 3 is 2.31 bits per heavy atom. The molecule has 35 heavy (non-hydrogen) atoms. The monoisotopic (exact) mass is 489 g/mol. The van der Waals surface area contributed by atoms with E-state index in [1.54, 1.807) is 31.4 Å². The first-order valence-corrected chi connectivity index (χ1v) is 11.8. The molecule has 3 aromatic carbocycles. The number of hydrogen-bond donors (Lipinski definition) is 1. The quantitative estimate of drug-likeness (QED) is 0.260. The normalized spacial score (nSPS) is 17.6. The summed E-state index contributed by atoms with van der Waals surface area (Å²) in [6.45, 7) is 6.51. The Labute approximate surface area is 210 Å². The van der Waals surface area contributed by atoms with Crippen LogP contribution in [0.25, 0.3) is 5.76 Å². The molecule has 1 aliphatic rings. The van der Waals surface area contributed by atoms with Crippen LogP contribution in [0.4, 0.5) is 0 Å². The largest absolute Gasteiger partial charge is 0.507 e. The molecule has 5 nitrogen and oxygen atoms in total. The number of aliphatic hydroxyl groups excluding tert-OH is 1. The van der Waals surface area contributed by atoms with Crippen LogP contribution >= 0.6 is 11.6 Å². The summed E-state index contributed by atoms with van der Waals surface area (Å²) < 4.78 is 5.47. The van der Waals surface area contributed by atoms with Crippen LogP contribution < -0.4 is 4.74 Å². The Morgan fingerprint density at radius 2 is 1.69 bits per heavy atom. The summed E-state index contributed by atoms with van der Waals surface area (Å²) >= 11 is 6.13. The minimum Gasteiger partial charge on any atom is -0.507 e. The average Bonchev–Trinajstić information content (AvgIpc) is 3.08. The van der Waals surface area contributed by atoms with E-state index in [9.17, 15) is 14.7 Å². The molecule has 0 aliphatic carbocycles. The van der Waals surface area contributed by atoms with Crippen molar-refractivity contribution in [1.29, 1.82) is 0 Å². The summed E-state index contributed by atoms with van der Waals surface area (Å²) in [5.41, 5.74) is 2.97. The molecule has 0 saturated carbocycles. The number of ether oxygens (including phenoxy) is 1. The molecule has 1 aliphatic heterocycles. The molecule has 1 saturated heterocycles. The second kappa shape index (κ2) is 9.59. The van der Waals surface area contributed by atoms with Crippen molar-refractivity contribution in [3.63, 3.8) is 0 Å². The zero-order chi connectivity index (χ0) is 25.3. The fourth-order valence-electron chi connectivity index (χ4n) is 4.36. The molecule has 1 amide bonds. The van der Waals surface area contributed by atoms with Crippen molar-refractivity contribution in [2.45, 2.75) is 38.8 Å². The number of amides is 1. The topological polar surface area (TPSA) is 66.8 Å². The molecule has 0 radical (unpaired) electrons. The van der Waals surface area contributed by atoms with E-state index in [1.807, 2.05) is 48.5 Å². The van der Waals surface area contributed by atoms with Crippen molar-refractivity contribution in [2.24, 2.45) is 0 Å². The smallest absolute Gasteiger partial charge is 0.295 e. The Bertz CT molecular complexity index is 1300. The van der Waals surface area contributed by atoms with Gasteiger partial charge in [-0.05, 0) is 34.7 Å². The lowest BCUT2D eigenvalue weighted by Gasteiger charge is -2.27. The maximum atomic E-state index is 13.3. The summed E-state index contributed by atoms with van der Waals surface area (Å²) in [6.07, 6.45) is 0. The molecular formula is C29H28ClNO4. The molecular weight excluding hydrogens is 462 g/mol. The number of halogens is 1. The fraction of sp³-hybridized carbons (Fsp3) is 0.241. The number of aliphatic hydroxyl groups is 1. The predicted molar refractivity (Wildman–Crippen MR) is 137 cm³/mol. The molecule has 1 heterocycles. The number of ketones is 1. The van der Waals surface area contributed by atoms with Gasteiger partial charge in [-0.1, -0.05) is 87.0 Å². The maximum absolute atomic E-state index is 13.3. The van der Waals surface area contributed by atoms with E-state index >= 15 is 0 Å². The van der Waals surface area contributed by atoms with Crippen LogP contribution in [-0.2, 0) is 21.5 Å². The summed E-state index contributed by atoms with van der Waals surface area (Å²) in [7, 11) is 1.56. The van der Waals surface area contributed by atoms with Gasteiger partial charge in [0.1, 0.15) is 11.5 Å². The van der Waals surface area contributed by atoms with Gasteiger partial charge in [0.05, 0.1) is 25.3 Å². The summed E-state index contributed by atoms with van der Waals surface area (Å²) in [4.78, 5) is 28.1. The van der Waals surface area contributed by atoms with Gasteiger partial charge in [0.15, 0.2) is 0 Å².